The van der Waals surface area contributed by atoms with Crippen LogP contribution in [0.5, 0.6) is 0 Å². The molecule has 22 heavy (non-hydrogen) atoms. The number of hydrogen-bond donors (Lipinski definition) is 1. The first kappa shape index (κ1) is 17.2. The monoisotopic (exact) mass is 328 g/mol. The molecule has 2 aliphatic rings. The van der Waals surface area contributed by atoms with Crippen LogP contribution < -0.4 is 5.32 Å². The molecule has 0 unspecified atom stereocenters. The van der Waals surface area contributed by atoms with Gasteiger partial charge in [-0.05, 0) is 45.8 Å². The number of amides is 1. The highest BCUT2D eigenvalue weighted by atomic mass is 35.5. The van der Waals surface area contributed by atoms with E-state index in [0.29, 0.717) is 19.7 Å². The number of nitrogens with one attached hydrogen (secondary N) is 1. The molecule has 0 spiro atoms. The van der Waals surface area contributed by atoms with Gasteiger partial charge in [-0.15, -0.1) is 12.4 Å². The Morgan fingerprint density at radius 2 is 2.05 bits per heavy atom. The van der Waals surface area contributed by atoms with E-state index in [2.05, 4.69) is 10.4 Å². The second-order valence-corrected chi connectivity index (χ2v) is 6.57. The maximum absolute atomic E-state index is 13.2. The van der Waals surface area contributed by atoms with E-state index >= 15 is 0 Å². The quantitative estimate of drug-likeness (QED) is 0.880. The molecule has 0 aliphatic carbocycles. The lowest BCUT2D eigenvalue weighted by molar-refractivity contribution is -0.157. The third kappa shape index (κ3) is 3.14. The number of ether oxygens (including phenoxy) is 1. The molecule has 2 saturated heterocycles. The van der Waals surface area contributed by atoms with Gasteiger partial charge >= 0.3 is 0 Å². The molecule has 1 aromatic rings. The third-order valence-electron chi connectivity index (χ3n) is 4.48. The van der Waals surface area contributed by atoms with Crippen molar-refractivity contribution >= 4 is 18.3 Å². The largest absolute Gasteiger partial charge is 0.372 e. The molecule has 0 atom stereocenters. The average molecular weight is 329 g/mol. The van der Waals surface area contributed by atoms with Crippen LogP contribution in [0.25, 0.3) is 0 Å². The van der Waals surface area contributed by atoms with Gasteiger partial charge in [0, 0.05) is 25.5 Å². The van der Waals surface area contributed by atoms with E-state index in [-0.39, 0.29) is 23.9 Å². The number of nitrogens with zero attached hydrogens (tertiary/aromatic N) is 3. The van der Waals surface area contributed by atoms with Crippen LogP contribution in [0.3, 0.4) is 0 Å². The van der Waals surface area contributed by atoms with Gasteiger partial charge in [0.2, 0.25) is 0 Å². The highest BCUT2D eigenvalue weighted by Crippen LogP contribution is 2.31. The first-order chi connectivity index (χ1) is 10.0. The fraction of sp³-hybridized carbons (Fsp3) is 0.733. The minimum absolute atomic E-state index is 0. The van der Waals surface area contributed by atoms with Crippen LogP contribution in [0.1, 0.15) is 26.7 Å². The summed E-state index contributed by atoms with van der Waals surface area (Å²) in [5, 5.41) is 7.71. The van der Waals surface area contributed by atoms with Crippen LogP contribution in [0.2, 0.25) is 0 Å². The molecular weight excluding hydrogens is 304 g/mol. The first-order valence-corrected chi connectivity index (χ1v) is 7.68. The summed E-state index contributed by atoms with van der Waals surface area (Å²) in [6, 6.07) is 1.89. The molecule has 1 aromatic heterocycles. The zero-order valence-electron chi connectivity index (χ0n) is 13.2. The predicted molar refractivity (Wildman–Crippen MR) is 86.2 cm³/mol. The lowest BCUT2D eigenvalue weighted by Gasteiger charge is -2.44. The van der Waals surface area contributed by atoms with E-state index in [1.807, 2.05) is 35.7 Å². The predicted octanol–water partition coefficient (Wildman–Crippen LogP) is 1.02. The summed E-state index contributed by atoms with van der Waals surface area (Å²) in [7, 11) is 0. The van der Waals surface area contributed by atoms with Crippen molar-refractivity contribution in [3.8, 4) is 0 Å². The zero-order chi connectivity index (χ0) is 14.9. The fourth-order valence-corrected chi connectivity index (χ4v) is 3.39. The summed E-state index contributed by atoms with van der Waals surface area (Å²) in [6.07, 6.45) is 5.23. The Hall–Kier alpha value is -1.11. The SMILES string of the molecule is CC1(C)CN(C(=O)C2(n3cccn3)CCNCC2)CCO1.Cl. The van der Waals surface area contributed by atoms with E-state index < -0.39 is 5.54 Å². The number of halogens is 1. The standard InChI is InChI=1S/C15H24N4O2.ClH/c1-14(2)12-18(10-11-21-14)13(20)15(4-7-16-8-5-15)19-9-3-6-17-19;/h3,6,9,16H,4-5,7-8,10-12H2,1-2H3;1H. The van der Waals surface area contributed by atoms with Crippen LogP contribution in [0.4, 0.5) is 0 Å². The van der Waals surface area contributed by atoms with Crippen LogP contribution in [-0.4, -0.2) is 59.0 Å². The Labute approximate surface area is 137 Å². The molecular formula is C15H25ClN4O2. The zero-order valence-corrected chi connectivity index (χ0v) is 14.1. The second-order valence-electron chi connectivity index (χ2n) is 6.57. The Kier molecular flexibility index (Phi) is 5.14. The van der Waals surface area contributed by atoms with Gasteiger partial charge in [0.15, 0.2) is 0 Å². The van der Waals surface area contributed by atoms with Crippen molar-refractivity contribution in [3.05, 3.63) is 18.5 Å². The summed E-state index contributed by atoms with van der Waals surface area (Å²) < 4.78 is 7.59. The number of hydrogen-bond acceptors (Lipinski definition) is 4. The van der Waals surface area contributed by atoms with Gasteiger partial charge in [-0.25, -0.2) is 0 Å². The number of rotatable bonds is 2. The smallest absolute Gasteiger partial charge is 0.250 e. The number of carbonyl (C=O) groups is 1. The van der Waals surface area contributed by atoms with E-state index in [1.165, 1.54) is 0 Å². The third-order valence-corrected chi connectivity index (χ3v) is 4.48. The van der Waals surface area contributed by atoms with Crippen LogP contribution in [0, 0.1) is 0 Å². The molecule has 0 saturated carbocycles. The van der Waals surface area contributed by atoms with Crippen molar-refractivity contribution < 1.29 is 9.53 Å². The lowest BCUT2D eigenvalue weighted by atomic mass is 9.86. The summed E-state index contributed by atoms with van der Waals surface area (Å²) in [4.78, 5) is 15.2. The first-order valence-electron chi connectivity index (χ1n) is 7.68. The highest BCUT2D eigenvalue weighted by Gasteiger charge is 2.46. The second kappa shape index (κ2) is 6.56. The topological polar surface area (TPSA) is 59.4 Å². The van der Waals surface area contributed by atoms with Crippen molar-refractivity contribution in [1.29, 1.82) is 0 Å². The highest BCUT2D eigenvalue weighted by molar-refractivity contribution is 5.85. The normalized spacial score (nSPS) is 23.6. The molecule has 6 nitrogen and oxygen atoms in total. The summed E-state index contributed by atoms with van der Waals surface area (Å²) in [5.74, 6) is 0.184. The average Bonchev–Trinajstić information content (AvgIpc) is 3.01. The van der Waals surface area contributed by atoms with Crippen molar-refractivity contribution in [3.63, 3.8) is 0 Å². The maximum atomic E-state index is 13.2. The van der Waals surface area contributed by atoms with Gasteiger partial charge in [0.1, 0.15) is 5.54 Å². The Balaban J connectivity index is 0.00000176. The molecule has 7 heteroatoms. The molecule has 1 amide bonds. The number of aromatic nitrogens is 2. The lowest BCUT2D eigenvalue weighted by Crippen LogP contribution is -2.60. The summed E-state index contributed by atoms with van der Waals surface area (Å²) in [6.45, 7) is 7.68. The van der Waals surface area contributed by atoms with Crippen LogP contribution >= 0.6 is 12.4 Å². The molecule has 2 fully saturated rings. The molecule has 3 heterocycles. The number of piperidine rings is 1. The van der Waals surface area contributed by atoms with Crippen LogP contribution in [-0.2, 0) is 15.1 Å². The molecule has 0 bridgehead atoms. The summed E-state index contributed by atoms with van der Waals surface area (Å²) in [5.41, 5.74) is -0.811. The van der Waals surface area contributed by atoms with Gasteiger partial charge < -0.3 is 15.0 Å². The van der Waals surface area contributed by atoms with E-state index in [1.54, 1.807) is 6.20 Å². The van der Waals surface area contributed by atoms with Gasteiger partial charge in [-0.2, -0.15) is 5.10 Å². The molecule has 124 valence electrons. The maximum Gasteiger partial charge on any atom is 0.250 e. The van der Waals surface area contributed by atoms with Crippen LogP contribution in [0.15, 0.2) is 18.5 Å². The number of morpholine rings is 1. The van der Waals surface area contributed by atoms with E-state index in [0.717, 1.165) is 25.9 Å². The van der Waals surface area contributed by atoms with Crippen molar-refractivity contribution in [2.75, 3.05) is 32.8 Å². The minimum atomic E-state index is -0.540. The Bertz CT molecular complexity index is 498. The van der Waals surface area contributed by atoms with E-state index in [4.69, 9.17) is 4.74 Å². The number of carbonyl (C=O) groups excluding carboxylic acids is 1. The Morgan fingerprint density at radius 3 is 2.64 bits per heavy atom. The van der Waals surface area contributed by atoms with Gasteiger partial charge in [-0.3, -0.25) is 9.48 Å². The van der Waals surface area contributed by atoms with Gasteiger partial charge in [0.05, 0.1) is 12.2 Å². The minimum Gasteiger partial charge on any atom is -0.372 e. The molecule has 1 N–H and O–H groups in total. The van der Waals surface area contributed by atoms with Gasteiger partial charge in [0.25, 0.3) is 5.91 Å². The molecule has 2 aliphatic heterocycles. The summed E-state index contributed by atoms with van der Waals surface area (Å²) >= 11 is 0. The van der Waals surface area contributed by atoms with Crippen molar-refractivity contribution in [2.45, 2.75) is 37.8 Å². The van der Waals surface area contributed by atoms with Crippen molar-refractivity contribution in [2.24, 2.45) is 0 Å². The van der Waals surface area contributed by atoms with E-state index in [9.17, 15) is 4.79 Å². The fourth-order valence-electron chi connectivity index (χ4n) is 3.39. The van der Waals surface area contributed by atoms with Gasteiger partial charge in [-0.1, -0.05) is 0 Å². The van der Waals surface area contributed by atoms with Crippen molar-refractivity contribution in [1.82, 2.24) is 20.0 Å². The molecule has 0 aromatic carbocycles. The Morgan fingerprint density at radius 1 is 1.32 bits per heavy atom. The molecule has 3 rings (SSSR count). The molecule has 0 radical (unpaired) electrons.